The van der Waals surface area contributed by atoms with E-state index < -0.39 is 27.1 Å². The van der Waals surface area contributed by atoms with E-state index in [9.17, 15) is 34.1 Å². The number of aromatic nitrogens is 6. The van der Waals surface area contributed by atoms with E-state index in [1.54, 1.807) is 46.1 Å². The SMILES string of the molecule is O=[N+]([O-])c1ccc(C[n+]2cnn(CC(O)(Cn3c[n+](Cc4ccc([N+](=O)[O-])cc4)cn3)c3ccc(F)cc3F)c2)cc1.[Br-].[Br-]. The maximum atomic E-state index is 14.9. The molecule has 0 unspecified atom stereocenters. The van der Waals surface area contributed by atoms with Gasteiger partial charge in [0.25, 0.3) is 24.0 Å². The Morgan fingerprint density at radius 2 is 1.18 bits per heavy atom. The van der Waals surface area contributed by atoms with Crippen LogP contribution >= 0.6 is 0 Å². The van der Waals surface area contributed by atoms with Crippen LogP contribution in [0.3, 0.4) is 0 Å². The molecule has 0 spiro atoms. The summed E-state index contributed by atoms with van der Waals surface area (Å²) in [7, 11) is 0. The highest BCUT2D eigenvalue weighted by molar-refractivity contribution is 5.33. The van der Waals surface area contributed by atoms with Gasteiger partial charge in [-0.3, -0.25) is 20.2 Å². The summed E-state index contributed by atoms with van der Waals surface area (Å²) in [5.74, 6) is -1.73. The van der Waals surface area contributed by atoms with Crippen molar-refractivity contribution < 1.29 is 66.8 Å². The summed E-state index contributed by atoms with van der Waals surface area (Å²) in [6.45, 7) is 0.238. The Bertz CT molecular complexity index is 1650. The largest absolute Gasteiger partial charge is 1.00 e. The van der Waals surface area contributed by atoms with Crippen LogP contribution in [-0.2, 0) is 31.8 Å². The smallest absolute Gasteiger partial charge is 0.269 e. The fraction of sp³-hybridized carbons (Fsp3) is 0.185. The second kappa shape index (κ2) is 14.3. The molecule has 0 fully saturated rings. The Kier molecular flexibility index (Phi) is 11.1. The van der Waals surface area contributed by atoms with Crippen molar-refractivity contribution >= 4 is 11.4 Å². The maximum Gasteiger partial charge on any atom is 0.269 e. The standard InChI is InChI=1S/C27H24F2N8O5.2BrH/c28-22-5-10-25(26(29)11-22)27(38,14-34-18-32(16-30-34)12-20-1-6-23(7-2-20)36(39)40)15-35-19-33(17-31-35)13-21-3-8-24(9-4-21)37(41)42;;/h1-11,16-19,38H,12-15H2;2*1H/q+2;;/p-2. The number of non-ortho nitro benzene ring substituents is 2. The zero-order valence-electron chi connectivity index (χ0n) is 22.7. The van der Waals surface area contributed by atoms with Crippen molar-refractivity contribution in [2.24, 2.45) is 0 Å². The van der Waals surface area contributed by atoms with Gasteiger partial charge < -0.3 is 39.1 Å². The maximum absolute atomic E-state index is 14.9. The molecule has 0 atom stereocenters. The molecule has 17 heteroatoms. The molecule has 3 aromatic carbocycles. The molecule has 5 aromatic rings. The van der Waals surface area contributed by atoms with E-state index in [1.165, 1.54) is 52.4 Å². The molecule has 13 nitrogen and oxygen atoms in total. The average molecular weight is 738 g/mol. The number of aliphatic hydroxyl groups is 1. The first-order valence-corrected chi connectivity index (χ1v) is 12.6. The Morgan fingerprint density at radius 3 is 1.57 bits per heavy atom. The van der Waals surface area contributed by atoms with Crippen LogP contribution in [0.15, 0.2) is 92.0 Å². The van der Waals surface area contributed by atoms with E-state index in [0.29, 0.717) is 19.2 Å². The van der Waals surface area contributed by atoms with Crippen LogP contribution in [0.25, 0.3) is 0 Å². The quantitative estimate of drug-likeness (QED) is 0.0838. The van der Waals surface area contributed by atoms with Crippen molar-refractivity contribution in [1.82, 2.24) is 19.6 Å². The predicted molar refractivity (Wildman–Crippen MR) is 139 cm³/mol. The Morgan fingerprint density at radius 1 is 0.750 bits per heavy atom. The van der Waals surface area contributed by atoms with Gasteiger partial charge in [0.15, 0.2) is 5.60 Å². The Balaban J connectivity index is 0.00000264. The number of nitrogens with zero attached hydrogens (tertiary/aromatic N) is 8. The molecule has 0 saturated heterocycles. The van der Waals surface area contributed by atoms with Crippen molar-refractivity contribution in [2.75, 3.05) is 0 Å². The number of hydrogen-bond donors (Lipinski definition) is 1. The van der Waals surface area contributed by atoms with Crippen LogP contribution in [0, 0.1) is 31.9 Å². The van der Waals surface area contributed by atoms with E-state index in [0.717, 1.165) is 17.2 Å². The van der Waals surface area contributed by atoms with Crippen LogP contribution in [0.4, 0.5) is 20.2 Å². The molecule has 0 aliphatic carbocycles. The van der Waals surface area contributed by atoms with Gasteiger partial charge >= 0.3 is 0 Å². The van der Waals surface area contributed by atoms with E-state index in [1.807, 2.05) is 0 Å². The highest BCUT2D eigenvalue weighted by Crippen LogP contribution is 2.28. The van der Waals surface area contributed by atoms with Gasteiger partial charge in [-0.1, -0.05) is 6.07 Å². The monoisotopic (exact) mass is 736 g/mol. The van der Waals surface area contributed by atoms with Gasteiger partial charge in [-0.25, -0.2) is 17.9 Å². The molecule has 44 heavy (non-hydrogen) atoms. The minimum absolute atomic E-state index is 0. The summed E-state index contributed by atoms with van der Waals surface area (Å²) in [5, 5.41) is 42.1. The molecule has 2 aromatic heterocycles. The first-order chi connectivity index (χ1) is 20.1. The summed E-state index contributed by atoms with van der Waals surface area (Å²) in [6, 6.07) is 15.0. The van der Waals surface area contributed by atoms with Crippen LogP contribution < -0.4 is 43.1 Å². The van der Waals surface area contributed by atoms with E-state index >= 15 is 0 Å². The fourth-order valence-corrected chi connectivity index (χ4v) is 4.54. The molecule has 0 bridgehead atoms. The fourth-order valence-electron chi connectivity index (χ4n) is 4.54. The average Bonchev–Trinajstić information content (AvgIpc) is 3.57. The summed E-state index contributed by atoms with van der Waals surface area (Å²) in [6.07, 6.45) is 6.17. The zero-order valence-corrected chi connectivity index (χ0v) is 25.8. The van der Waals surface area contributed by atoms with Gasteiger partial charge in [0.2, 0.25) is 12.7 Å². The lowest BCUT2D eigenvalue weighted by molar-refractivity contribution is -0.689. The molecule has 0 aliphatic heterocycles. The second-order valence-electron chi connectivity index (χ2n) is 9.74. The summed E-state index contributed by atoms with van der Waals surface area (Å²) >= 11 is 0. The van der Waals surface area contributed by atoms with Crippen LogP contribution in [0.2, 0.25) is 0 Å². The molecule has 0 saturated carbocycles. The summed E-state index contributed by atoms with van der Waals surface area (Å²) < 4.78 is 34.8. The highest BCUT2D eigenvalue weighted by Gasteiger charge is 2.39. The number of nitro groups is 2. The van der Waals surface area contributed by atoms with Gasteiger partial charge in [-0.15, -0.1) is 9.36 Å². The van der Waals surface area contributed by atoms with Gasteiger partial charge in [-0.2, -0.15) is 0 Å². The van der Waals surface area contributed by atoms with Crippen LogP contribution in [-0.4, -0.2) is 34.5 Å². The number of halogens is 4. The third-order valence-corrected chi connectivity index (χ3v) is 6.56. The van der Waals surface area contributed by atoms with Crippen molar-refractivity contribution in [3.8, 4) is 0 Å². The predicted octanol–water partition coefficient (Wildman–Crippen LogP) is -3.56. The lowest BCUT2D eigenvalue weighted by Gasteiger charge is -2.24. The molecule has 230 valence electrons. The molecule has 1 N–H and O–H groups in total. The topological polar surface area (TPSA) is 150 Å². The van der Waals surface area contributed by atoms with Gasteiger partial charge in [0, 0.05) is 46.1 Å². The van der Waals surface area contributed by atoms with Crippen molar-refractivity contribution in [2.45, 2.75) is 31.8 Å². The van der Waals surface area contributed by atoms with Crippen LogP contribution in [0.5, 0.6) is 0 Å². The number of rotatable bonds is 11. The number of hydrogen-bond acceptors (Lipinski definition) is 7. The molecule has 5 rings (SSSR count). The molecule has 0 aliphatic rings. The van der Waals surface area contributed by atoms with Crippen molar-refractivity contribution in [3.63, 3.8) is 0 Å². The minimum atomic E-state index is -1.91. The lowest BCUT2D eigenvalue weighted by Crippen LogP contribution is -3.00. The number of benzene rings is 3. The lowest BCUT2D eigenvalue weighted by atomic mass is 9.93. The normalized spacial score (nSPS) is 11.0. The van der Waals surface area contributed by atoms with E-state index in [4.69, 9.17) is 0 Å². The Labute approximate surface area is 269 Å². The van der Waals surface area contributed by atoms with Crippen molar-refractivity contribution in [1.29, 1.82) is 0 Å². The zero-order chi connectivity index (χ0) is 29.9. The van der Waals surface area contributed by atoms with Crippen LogP contribution in [0.1, 0.15) is 16.7 Å². The van der Waals surface area contributed by atoms with Crippen molar-refractivity contribution in [3.05, 3.63) is 141 Å². The molecule has 0 amide bonds. The highest BCUT2D eigenvalue weighted by atomic mass is 79.9. The number of nitro benzene ring substituents is 2. The molecular weight excluding hydrogens is 714 g/mol. The van der Waals surface area contributed by atoms with Gasteiger partial charge in [0.1, 0.15) is 24.7 Å². The van der Waals surface area contributed by atoms with E-state index in [-0.39, 0.29) is 64.0 Å². The second-order valence-corrected chi connectivity index (χ2v) is 9.74. The molecule has 2 heterocycles. The Hall–Kier alpha value is -4.48. The third-order valence-electron chi connectivity index (χ3n) is 6.56. The molecular formula is C27H24Br2F2N8O5. The molecule has 0 radical (unpaired) electrons. The third kappa shape index (κ3) is 8.12. The first-order valence-electron chi connectivity index (χ1n) is 12.6. The first kappa shape index (κ1) is 34.0. The van der Waals surface area contributed by atoms with E-state index in [2.05, 4.69) is 10.2 Å². The summed E-state index contributed by atoms with van der Waals surface area (Å²) in [4.78, 5) is 20.8. The van der Waals surface area contributed by atoms with Gasteiger partial charge in [0.05, 0.1) is 22.9 Å². The van der Waals surface area contributed by atoms with Gasteiger partial charge in [-0.05, 0) is 41.5 Å². The minimum Gasteiger partial charge on any atom is -1.00 e. The summed E-state index contributed by atoms with van der Waals surface area (Å²) in [5.41, 5.74) is -0.569.